The normalized spacial score (nSPS) is 19.5. The molecule has 1 aliphatic rings. The highest BCUT2D eigenvalue weighted by molar-refractivity contribution is 6.05. The zero-order valence-electron chi connectivity index (χ0n) is 12.6. The number of amides is 1. The molecule has 0 saturated carbocycles. The maximum atomic E-state index is 12.8. The highest BCUT2D eigenvalue weighted by Crippen LogP contribution is 2.43. The van der Waals surface area contributed by atoms with Gasteiger partial charge in [0.15, 0.2) is 5.54 Å². The summed E-state index contributed by atoms with van der Waals surface area (Å²) in [5, 5.41) is 9.97. The first kappa shape index (κ1) is 15.0. The standard InChI is InChI=1S/C19H17NO3/c1-2-12-19(18(22)23)16-11-7-6-10-15(16)17(21)20(19)13-14-8-4-3-5-9-14/h2-11H,1,12-13H2,(H,22,23). The number of fused-ring (bicyclic) bond motifs is 1. The van der Waals surface area contributed by atoms with E-state index in [9.17, 15) is 14.7 Å². The minimum Gasteiger partial charge on any atom is -0.479 e. The quantitative estimate of drug-likeness (QED) is 0.863. The van der Waals surface area contributed by atoms with Crippen molar-refractivity contribution in [2.24, 2.45) is 0 Å². The molecule has 23 heavy (non-hydrogen) atoms. The van der Waals surface area contributed by atoms with Crippen molar-refractivity contribution >= 4 is 11.9 Å². The van der Waals surface area contributed by atoms with Crippen LogP contribution in [-0.2, 0) is 16.9 Å². The van der Waals surface area contributed by atoms with E-state index in [-0.39, 0.29) is 18.9 Å². The Morgan fingerprint density at radius 1 is 1.13 bits per heavy atom. The average Bonchev–Trinajstić information content (AvgIpc) is 2.80. The maximum absolute atomic E-state index is 12.8. The van der Waals surface area contributed by atoms with Gasteiger partial charge in [-0.3, -0.25) is 4.79 Å². The van der Waals surface area contributed by atoms with E-state index in [1.54, 1.807) is 30.3 Å². The molecule has 2 aromatic rings. The van der Waals surface area contributed by atoms with Gasteiger partial charge in [0.1, 0.15) is 0 Å². The van der Waals surface area contributed by atoms with Gasteiger partial charge in [0.2, 0.25) is 0 Å². The summed E-state index contributed by atoms with van der Waals surface area (Å²) in [5.41, 5.74) is 0.481. The fourth-order valence-corrected chi connectivity index (χ4v) is 3.21. The Morgan fingerprint density at radius 3 is 2.43 bits per heavy atom. The summed E-state index contributed by atoms with van der Waals surface area (Å²) in [6.07, 6.45) is 1.72. The van der Waals surface area contributed by atoms with E-state index in [0.29, 0.717) is 11.1 Å². The van der Waals surface area contributed by atoms with Crippen molar-refractivity contribution in [1.29, 1.82) is 0 Å². The average molecular weight is 307 g/mol. The number of nitrogens with zero attached hydrogens (tertiary/aromatic N) is 1. The van der Waals surface area contributed by atoms with Crippen LogP contribution in [0.1, 0.15) is 27.9 Å². The van der Waals surface area contributed by atoms with Gasteiger partial charge in [-0.05, 0) is 11.6 Å². The number of carboxylic acid groups (broad SMARTS) is 1. The number of hydrogen-bond acceptors (Lipinski definition) is 2. The van der Waals surface area contributed by atoms with Crippen molar-refractivity contribution in [2.75, 3.05) is 0 Å². The lowest BCUT2D eigenvalue weighted by molar-refractivity contribution is -0.150. The highest BCUT2D eigenvalue weighted by Gasteiger charge is 2.54. The van der Waals surface area contributed by atoms with E-state index in [1.807, 2.05) is 30.3 Å². The Kier molecular flexibility index (Phi) is 3.74. The molecule has 1 heterocycles. The molecule has 0 saturated heterocycles. The van der Waals surface area contributed by atoms with Crippen molar-refractivity contribution < 1.29 is 14.7 Å². The molecule has 1 unspecified atom stereocenters. The molecule has 4 nitrogen and oxygen atoms in total. The highest BCUT2D eigenvalue weighted by atomic mass is 16.4. The minimum absolute atomic E-state index is 0.165. The molecule has 0 radical (unpaired) electrons. The third-order valence-corrected chi connectivity index (χ3v) is 4.29. The third kappa shape index (κ3) is 2.23. The zero-order valence-corrected chi connectivity index (χ0v) is 12.6. The van der Waals surface area contributed by atoms with Gasteiger partial charge in [-0.25, -0.2) is 4.79 Å². The summed E-state index contributed by atoms with van der Waals surface area (Å²) in [4.78, 5) is 26.4. The fourth-order valence-electron chi connectivity index (χ4n) is 3.21. The summed E-state index contributed by atoms with van der Waals surface area (Å²) < 4.78 is 0. The van der Waals surface area contributed by atoms with Crippen molar-refractivity contribution in [3.8, 4) is 0 Å². The van der Waals surface area contributed by atoms with E-state index in [0.717, 1.165) is 5.56 Å². The molecule has 3 rings (SSSR count). The zero-order chi connectivity index (χ0) is 16.4. The van der Waals surface area contributed by atoms with Crippen molar-refractivity contribution in [2.45, 2.75) is 18.5 Å². The Balaban J connectivity index is 2.15. The number of hydrogen-bond donors (Lipinski definition) is 1. The van der Waals surface area contributed by atoms with Crippen LogP contribution in [0, 0.1) is 0 Å². The van der Waals surface area contributed by atoms with Crippen LogP contribution in [0.4, 0.5) is 0 Å². The van der Waals surface area contributed by atoms with Crippen LogP contribution < -0.4 is 0 Å². The molecule has 1 amide bonds. The van der Waals surface area contributed by atoms with Gasteiger partial charge in [-0.1, -0.05) is 54.6 Å². The Morgan fingerprint density at radius 2 is 1.78 bits per heavy atom. The van der Waals surface area contributed by atoms with Gasteiger partial charge < -0.3 is 10.0 Å². The molecule has 1 aliphatic heterocycles. The van der Waals surface area contributed by atoms with Crippen LogP contribution in [0.25, 0.3) is 0 Å². The molecule has 1 atom stereocenters. The molecule has 0 aliphatic carbocycles. The molecular formula is C19H17NO3. The van der Waals surface area contributed by atoms with E-state index in [2.05, 4.69) is 6.58 Å². The largest absolute Gasteiger partial charge is 0.479 e. The van der Waals surface area contributed by atoms with Gasteiger partial charge >= 0.3 is 5.97 Å². The molecule has 0 fully saturated rings. The van der Waals surface area contributed by atoms with Crippen molar-refractivity contribution in [3.05, 3.63) is 83.9 Å². The number of carboxylic acids is 1. The number of carbonyl (C=O) groups is 2. The second-order valence-electron chi connectivity index (χ2n) is 5.58. The second kappa shape index (κ2) is 5.72. The summed E-state index contributed by atoms with van der Waals surface area (Å²) in [5.74, 6) is -1.29. The van der Waals surface area contributed by atoms with Crippen molar-refractivity contribution in [3.63, 3.8) is 0 Å². The van der Waals surface area contributed by atoms with Crippen molar-refractivity contribution in [1.82, 2.24) is 4.90 Å². The van der Waals surface area contributed by atoms with Gasteiger partial charge in [0.05, 0.1) is 0 Å². The predicted molar refractivity (Wildman–Crippen MR) is 86.9 cm³/mol. The Labute approximate surface area is 134 Å². The van der Waals surface area contributed by atoms with Crippen LogP contribution in [-0.4, -0.2) is 21.9 Å². The van der Waals surface area contributed by atoms with E-state index in [1.165, 1.54) is 4.90 Å². The molecule has 0 aromatic heterocycles. The van der Waals surface area contributed by atoms with Gasteiger partial charge in [0, 0.05) is 24.1 Å². The second-order valence-corrected chi connectivity index (χ2v) is 5.58. The first-order valence-corrected chi connectivity index (χ1v) is 7.41. The van der Waals surface area contributed by atoms with Crippen LogP contribution in [0.15, 0.2) is 67.3 Å². The smallest absolute Gasteiger partial charge is 0.334 e. The predicted octanol–water partition coefficient (Wildman–Crippen LogP) is 3.20. The SMILES string of the molecule is C=CCC1(C(=O)O)c2ccccc2C(=O)N1Cc1ccccc1. The number of rotatable bonds is 5. The molecule has 2 aromatic carbocycles. The minimum atomic E-state index is -1.40. The maximum Gasteiger partial charge on any atom is 0.334 e. The van der Waals surface area contributed by atoms with Gasteiger partial charge in [-0.2, -0.15) is 0 Å². The molecule has 0 bridgehead atoms. The summed E-state index contributed by atoms with van der Waals surface area (Å²) in [6.45, 7) is 3.93. The topological polar surface area (TPSA) is 57.6 Å². The van der Waals surface area contributed by atoms with Crippen LogP contribution in [0.3, 0.4) is 0 Å². The Hall–Kier alpha value is -2.88. The molecule has 1 N–H and O–H groups in total. The van der Waals surface area contributed by atoms with Crippen LogP contribution >= 0.6 is 0 Å². The summed E-state index contributed by atoms with van der Waals surface area (Å²) >= 11 is 0. The summed E-state index contributed by atoms with van der Waals surface area (Å²) in [7, 11) is 0. The number of carbonyl (C=O) groups excluding carboxylic acids is 1. The lowest BCUT2D eigenvalue weighted by Gasteiger charge is -2.35. The van der Waals surface area contributed by atoms with E-state index in [4.69, 9.17) is 0 Å². The first-order valence-electron chi connectivity index (χ1n) is 7.41. The third-order valence-electron chi connectivity index (χ3n) is 4.29. The monoisotopic (exact) mass is 307 g/mol. The lowest BCUT2D eigenvalue weighted by atomic mass is 9.86. The molecule has 116 valence electrons. The van der Waals surface area contributed by atoms with Gasteiger partial charge in [0.25, 0.3) is 5.91 Å². The molecule has 0 spiro atoms. The number of benzene rings is 2. The first-order chi connectivity index (χ1) is 11.1. The fraction of sp³-hybridized carbons (Fsp3) is 0.158. The Bertz CT molecular complexity index is 769. The number of aliphatic carboxylic acids is 1. The lowest BCUT2D eigenvalue weighted by Crippen LogP contribution is -2.49. The van der Waals surface area contributed by atoms with E-state index >= 15 is 0 Å². The molecule has 4 heteroatoms. The summed E-state index contributed by atoms with van der Waals surface area (Å²) in [6, 6.07) is 16.3. The van der Waals surface area contributed by atoms with Gasteiger partial charge in [-0.15, -0.1) is 6.58 Å². The van der Waals surface area contributed by atoms with Crippen LogP contribution in [0.5, 0.6) is 0 Å². The van der Waals surface area contributed by atoms with Crippen LogP contribution in [0.2, 0.25) is 0 Å². The molecular weight excluding hydrogens is 290 g/mol. The van der Waals surface area contributed by atoms with E-state index < -0.39 is 11.5 Å².